The van der Waals surface area contributed by atoms with Crippen LogP contribution in [0.3, 0.4) is 0 Å². The molecule has 1 saturated heterocycles. The van der Waals surface area contributed by atoms with Crippen LogP contribution in [-0.4, -0.2) is 46.9 Å². The smallest absolute Gasteiger partial charge is 0.0978 e. The lowest BCUT2D eigenvalue weighted by Crippen LogP contribution is -2.45. The quantitative estimate of drug-likeness (QED) is 0.684. The van der Waals surface area contributed by atoms with Crippen LogP contribution >= 0.6 is 0 Å². The number of hydrogen-bond donors (Lipinski definition) is 1. The van der Waals surface area contributed by atoms with Crippen molar-refractivity contribution < 1.29 is 9.84 Å². The van der Waals surface area contributed by atoms with Crippen molar-refractivity contribution in [1.29, 1.82) is 0 Å². The molecule has 0 radical (unpaired) electrons. The van der Waals surface area contributed by atoms with Gasteiger partial charge in [-0.15, -0.1) is 0 Å². The molecule has 0 aromatic rings. The maximum Gasteiger partial charge on any atom is 0.0978 e. The van der Waals surface area contributed by atoms with Crippen LogP contribution in [0.4, 0.5) is 0 Å². The van der Waals surface area contributed by atoms with Gasteiger partial charge < -0.3 is 9.84 Å². The summed E-state index contributed by atoms with van der Waals surface area (Å²) in [4.78, 5) is 2.33. The zero-order valence-corrected chi connectivity index (χ0v) is 9.42. The molecule has 0 aromatic carbocycles. The molecule has 0 unspecified atom stereocenters. The molecule has 2 fully saturated rings. The van der Waals surface area contributed by atoms with E-state index in [0.717, 1.165) is 25.9 Å². The van der Waals surface area contributed by atoms with Crippen LogP contribution in [0, 0.1) is 0 Å². The maximum absolute atomic E-state index is 10.1. The molecule has 1 saturated carbocycles. The summed E-state index contributed by atoms with van der Waals surface area (Å²) in [6, 6.07) is 0.487. The molecular formula is C11H21NO2. The monoisotopic (exact) mass is 199 g/mol. The third-order valence-corrected chi connectivity index (χ3v) is 3.26. The van der Waals surface area contributed by atoms with Gasteiger partial charge in [-0.3, -0.25) is 4.90 Å². The zero-order chi connectivity index (χ0) is 10.4. The van der Waals surface area contributed by atoms with Crippen LogP contribution in [0.15, 0.2) is 0 Å². The summed E-state index contributed by atoms with van der Waals surface area (Å²) in [5.74, 6) is 0. The SMILES string of the molecule is CC(C)N1CC2(CC2)OC[C@](C)(O)C1. The molecule has 82 valence electrons. The normalized spacial score (nSPS) is 37.5. The van der Waals surface area contributed by atoms with Crippen molar-refractivity contribution in [1.82, 2.24) is 4.90 Å². The molecule has 2 aliphatic rings. The summed E-state index contributed by atoms with van der Waals surface area (Å²) in [5.41, 5.74) is -0.596. The van der Waals surface area contributed by atoms with Crippen LogP contribution in [0.2, 0.25) is 0 Å². The minimum absolute atomic E-state index is 0.0881. The highest BCUT2D eigenvalue weighted by molar-refractivity contribution is 5.02. The number of hydrogen-bond acceptors (Lipinski definition) is 3. The molecule has 0 bridgehead atoms. The largest absolute Gasteiger partial charge is 0.386 e. The Bertz CT molecular complexity index is 213. The minimum atomic E-state index is -0.684. The van der Waals surface area contributed by atoms with Crippen molar-refractivity contribution in [3.05, 3.63) is 0 Å². The molecule has 3 heteroatoms. The van der Waals surface area contributed by atoms with Crippen molar-refractivity contribution in [2.45, 2.75) is 50.9 Å². The van der Waals surface area contributed by atoms with Crippen LogP contribution in [-0.2, 0) is 4.74 Å². The average Bonchev–Trinajstić information content (AvgIpc) is 2.82. The fourth-order valence-electron chi connectivity index (χ4n) is 2.07. The molecular weight excluding hydrogens is 178 g/mol. The first-order chi connectivity index (χ1) is 6.43. The number of aliphatic hydroxyl groups is 1. The summed E-state index contributed by atoms with van der Waals surface area (Å²) in [5, 5.41) is 10.1. The summed E-state index contributed by atoms with van der Waals surface area (Å²) in [6.45, 7) is 8.42. The molecule has 1 aliphatic carbocycles. The fraction of sp³-hybridized carbons (Fsp3) is 1.00. The Balaban J connectivity index is 2.09. The summed E-state index contributed by atoms with van der Waals surface area (Å²) in [6.07, 6.45) is 2.32. The molecule has 1 heterocycles. The van der Waals surface area contributed by atoms with E-state index in [4.69, 9.17) is 4.74 Å². The van der Waals surface area contributed by atoms with Crippen LogP contribution in [0.5, 0.6) is 0 Å². The van der Waals surface area contributed by atoms with Gasteiger partial charge in [0.25, 0.3) is 0 Å². The first-order valence-electron chi connectivity index (χ1n) is 5.53. The van der Waals surface area contributed by atoms with Gasteiger partial charge in [0.15, 0.2) is 0 Å². The highest BCUT2D eigenvalue weighted by Gasteiger charge is 2.49. The first-order valence-corrected chi connectivity index (χ1v) is 5.53. The highest BCUT2D eigenvalue weighted by atomic mass is 16.5. The Morgan fingerprint density at radius 2 is 1.93 bits per heavy atom. The molecule has 0 amide bonds. The number of rotatable bonds is 1. The minimum Gasteiger partial charge on any atom is -0.386 e. The van der Waals surface area contributed by atoms with E-state index in [1.165, 1.54) is 0 Å². The van der Waals surface area contributed by atoms with E-state index >= 15 is 0 Å². The van der Waals surface area contributed by atoms with Gasteiger partial charge in [0.05, 0.1) is 17.8 Å². The average molecular weight is 199 g/mol. The Kier molecular flexibility index (Phi) is 2.37. The van der Waals surface area contributed by atoms with Crippen LogP contribution < -0.4 is 0 Å². The van der Waals surface area contributed by atoms with E-state index in [2.05, 4.69) is 18.7 Å². The lowest BCUT2D eigenvalue weighted by Gasteiger charge is -2.30. The Labute approximate surface area is 86.0 Å². The number of β-amino-alcohol motifs (C(OH)–C–C–N with tert-alkyl or cyclic N) is 1. The predicted octanol–water partition coefficient (Wildman–Crippen LogP) is 1.01. The van der Waals surface area contributed by atoms with E-state index in [-0.39, 0.29) is 5.60 Å². The van der Waals surface area contributed by atoms with Crippen LogP contribution in [0.1, 0.15) is 33.6 Å². The van der Waals surface area contributed by atoms with Crippen molar-refractivity contribution in [3.63, 3.8) is 0 Å². The standard InChI is InChI=1S/C11H21NO2/c1-9(2)12-6-10(3,13)8-14-11(7-12)4-5-11/h9,13H,4-8H2,1-3H3/t10-/m1/s1. The summed E-state index contributed by atoms with van der Waals surface area (Å²) in [7, 11) is 0. The van der Waals surface area contributed by atoms with Gasteiger partial charge in [0.1, 0.15) is 0 Å². The van der Waals surface area contributed by atoms with Crippen molar-refractivity contribution in [3.8, 4) is 0 Å². The van der Waals surface area contributed by atoms with Gasteiger partial charge >= 0.3 is 0 Å². The number of ether oxygens (including phenoxy) is 1. The Morgan fingerprint density at radius 1 is 1.29 bits per heavy atom. The topological polar surface area (TPSA) is 32.7 Å². The van der Waals surface area contributed by atoms with Gasteiger partial charge in [-0.25, -0.2) is 0 Å². The molecule has 1 atom stereocenters. The Morgan fingerprint density at radius 3 is 2.43 bits per heavy atom. The highest BCUT2D eigenvalue weighted by Crippen LogP contribution is 2.42. The van der Waals surface area contributed by atoms with E-state index in [1.54, 1.807) is 0 Å². The molecule has 1 spiro atoms. The fourth-order valence-corrected chi connectivity index (χ4v) is 2.07. The van der Waals surface area contributed by atoms with Crippen molar-refractivity contribution in [2.24, 2.45) is 0 Å². The third-order valence-electron chi connectivity index (χ3n) is 3.26. The summed E-state index contributed by atoms with van der Waals surface area (Å²) >= 11 is 0. The first kappa shape index (κ1) is 10.4. The lowest BCUT2D eigenvalue weighted by atomic mass is 10.1. The van der Waals surface area contributed by atoms with Gasteiger partial charge in [-0.05, 0) is 33.6 Å². The second kappa shape index (κ2) is 3.19. The lowest BCUT2D eigenvalue weighted by molar-refractivity contribution is -0.0506. The molecule has 0 aromatic heterocycles. The molecule has 14 heavy (non-hydrogen) atoms. The zero-order valence-electron chi connectivity index (χ0n) is 9.42. The van der Waals surface area contributed by atoms with Gasteiger partial charge in [0, 0.05) is 19.1 Å². The van der Waals surface area contributed by atoms with E-state index in [1.807, 2.05) is 6.92 Å². The maximum atomic E-state index is 10.1. The predicted molar refractivity (Wildman–Crippen MR) is 55.2 cm³/mol. The second-order valence-corrected chi connectivity index (χ2v) is 5.47. The molecule has 3 nitrogen and oxygen atoms in total. The van der Waals surface area contributed by atoms with Crippen molar-refractivity contribution in [2.75, 3.05) is 19.7 Å². The van der Waals surface area contributed by atoms with E-state index in [9.17, 15) is 5.11 Å². The van der Waals surface area contributed by atoms with E-state index < -0.39 is 5.60 Å². The van der Waals surface area contributed by atoms with Crippen LogP contribution in [0.25, 0.3) is 0 Å². The number of nitrogens with zero attached hydrogens (tertiary/aromatic N) is 1. The summed E-state index contributed by atoms with van der Waals surface area (Å²) < 4.78 is 5.81. The Hall–Kier alpha value is -0.120. The van der Waals surface area contributed by atoms with E-state index in [0.29, 0.717) is 12.6 Å². The molecule has 1 N–H and O–H groups in total. The van der Waals surface area contributed by atoms with Gasteiger partial charge in [0.2, 0.25) is 0 Å². The van der Waals surface area contributed by atoms with Gasteiger partial charge in [-0.1, -0.05) is 0 Å². The third kappa shape index (κ3) is 2.10. The molecule has 1 aliphatic heterocycles. The second-order valence-electron chi connectivity index (χ2n) is 5.47. The van der Waals surface area contributed by atoms with Gasteiger partial charge in [-0.2, -0.15) is 0 Å². The molecule has 2 rings (SSSR count). The van der Waals surface area contributed by atoms with Crippen molar-refractivity contribution >= 4 is 0 Å².